The topological polar surface area (TPSA) is 65.1 Å². The molecule has 3 rings (SSSR count). The number of rotatable bonds is 2. The van der Waals surface area contributed by atoms with E-state index in [9.17, 15) is 9.59 Å². The van der Waals surface area contributed by atoms with Crippen molar-refractivity contribution in [3.05, 3.63) is 0 Å². The lowest BCUT2D eigenvalue weighted by Gasteiger charge is -2.24. The largest absolute Gasteiger partial charge is 0.460 e. The van der Waals surface area contributed by atoms with Crippen molar-refractivity contribution in [2.45, 2.75) is 70.4 Å². The van der Waals surface area contributed by atoms with Gasteiger partial charge in [0.1, 0.15) is 11.7 Å². The summed E-state index contributed by atoms with van der Waals surface area (Å²) in [5.41, 5.74) is -0.508. The van der Waals surface area contributed by atoms with Gasteiger partial charge in [-0.3, -0.25) is 4.79 Å². The molecule has 6 heteroatoms. The second-order valence-corrected chi connectivity index (χ2v) is 7.49. The summed E-state index contributed by atoms with van der Waals surface area (Å²) < 4.78 is 16.6. The molecule has 3 heterocycles. The van der Waals surface area contributed by atoms with Crippen LogP contribution < -0.4 is 0 Å². The van der Waals surface area contributed by atoms with Crippen LogP contribution in [-0.2, 0) is 19.0 Å². The van der Waals surface area contributed by atoms with Gasteiger partial charge < -0.3 is 19.1 Å². The quantitative estimate of drug-likeness (QED) is 0.731. The van der Waals surface area contributed by atoms with E-state index in [4.69, 9.17) is 14.2 Å². The number of carbonyl (C=O) groups excluding carboxylic acids is 2. The van der Waals surface area contributed by atoms with Crippen LogP contribution in [0.3, 0.4) is 0 Å². The zero-order chi connectivity index (χ0) is 15.9. The lowest BCUT2D eigenvalue weighted by atomic mass is 9.89. The van der Waals surface area contributed by atoms with Crippen molar-refractivity contribution in [2.24, 2.45) is 5.92 Å². The van der Waals surface area contributed by atoms with Crippen molar-refractivity contribution < 1.29 is 23.8 Å². The Morgan fingerprint density at radius 1 is 1.18 bits per heavy atom. The second-order valence-electron chi connectivity index (χ2n) is 7.49. The fraction of sp³-hybridized carbons (Fsp3) is 0.875. The Bertz CT molecular complexity index is 458. The first-order chi connectivity index (χ1) is 10.3. The van der Waals surface area contributed by atoms with Crippen LogP contribution in [0.5, 0.6) is 0 Å². The van der Waals surface area contributed by atoms with E-state index < -0.39 is 5.60 Å². The summed E-state index contributed by atoms with van der Waals surface area (Å²) >= 11 is 0. The molecule has 1 amide bonds. The minimum atomic E-state index is -0.508. The number of hydrogen-bond donors (Lipinski definition) is 0. The van der Waals surface area contributed by atoms with Crippen LogP contribution in [0.1, 0.15) is 46.5 Å². The van der Waals surface area contributed by atoms with Gasteiger partial charge in [0, 0.05) is 13.0 Å². The molecule has 0 unspecified atom stereocenters. The van der Waals surface area contributed by atoms with Gasteiger partial charge in [0.05, 0.1) is 24.7 Å². The molecule has 0 aliphatic carbocycles. The van der Waals surface area contributed by atoms with E-state index in [1.54, 1.807) is 4.90 Å². The van der Waals surface area contributed by atoms with Crippen molar-refractivity contribution in [1.29, 1.82) is 0 Å². The van der Waals surface area contributed by atoms with Gasteiger partial charge in [-0.05, 0) is 40.0 Å². The van der Waals surface area contributed by atoms with Crippen molar-refractivity contribution in [3.8, 4) is 0 Å². The van der Waals surface area contributed by atoms with Gasteiger partial charge in [-0.1, -0.05) is 0 Å². The Labute approximate surface area is 131 Å². The molecule has 22 heavy (non-hydrogen) atoms. The van der Waals surface area contributed by atoms with Crippen LogP contribution in [0, 0.1) is 5.92 Å². The second kappa shape index (κ2) is 5.72. The van der Waals surface area contributed by atoms with E-state index in [1.165, 1.54) is 0 Å². The molecule has 0 aromatic heterocycles. The Morgan fingerprint density at radius 2 is 1.95 bits per heavy atom. The van der Waals surface area contributed by atoms with Gasteiger partial charge in [0.25, 0.3) is 0 Å². The van der Waals surface area contributed by atoms with Crippen molar-refractivity contribution in [2.75, 3.05) is 13.1 Å². The third kappa shape index (κ3) is 3.37. The number of fused-ring (bicyclic) bond motifs is 2. The molecule has 0 N–H and O–H groups in total. The zero-order valence-electron chi connectivity index (χ0n) is 13.5. The van der Waals surface area contributed by atoms with E-state index in [0.29, 0.717) is 19.5 Å². The molecule has 6 nitrogen and oxygen atoms in total. The fourth-order valence-electron chi connectivity index (χ4n) is 3.45. The number of esters is 1. The van der Waals surface area contributed by atoms with Gasteiger partial charge in [-0.2, -0.15) is 0 Å². The van der Waals surface area contributed by atoms with Gasteiger partial charge >= 0.3 is 12.1 Å². The summed E-state index contributed by atoms with van der Waals surface area (Å²) in [4.78, 5) is 25.9. The van der Waals surface area contributed by atoms with Crippen LogP contribution in [0.15, 0.2) is 0 Å². The maximum absolute atomic E-state index is 12.3. The van der Waals surface area contributed by atoms with Crippen LogP contribution in [0.4, 0.5) is 4.79 Å². The molecule has 3 saturated heterocycles. The number of amides is 1. The summed E-state index contributed by atoms with van der Waals surface area (Å²) in [7, 11) is 0. The van der Waals surface area contributed by atoms with Crippen molar-refractivity contribution in [1.82, 2.24) is 4.90 Å². The highest BCUT2D eigenvalue weighted by molar-refractivity contribution is 5.74. The van der Waals surface area contributed by atoms with Crippen LogP contribution in [-0.4, -0.2) is 54.0 Å². The summed E-state index contributed by atoms with van der Waals surface area (Å²) in [5.74, 6) is -0.280. The lowest BCUT2D eigenvalue weighted by Crippen LogP contribution is -2.37. The number of likely N-dealkylation sites (tertiary alicyclic amines) is 1. The first kappa shape index (κ1) is 15.6. The minimum absolute atomic E-state index is 0.0425. The maximum atomic E-state index is 12.3. The summed E-state index contributed by atoms with van der Waals surface area (Å²) in [6, 6.07) is 0. The summed E-state index contributed by atoms with van der Waals surface area (Å²) in [6.07, 6.45) is 3.20. The number of ether oxygens (including phenoxy) is 3. The average Bonchev–Trinajstić information content (AvgIpc) is 3.12. The smallest absolute Gasteiger partial charge is 0.410 e. The van der Waals surface area contributed by atoms with E-state index in [2.05, 4.69) is 0 Å². The molecule has 124 valence electrons. The van der Waals surface area contributed by atoms with Crippen molar-refractivity contribution in [3.63, 3.8) is 0 Å². The molecule has 0 aromatic carbocycles. The highest BCUT2D eigenvalue weighted by Gasteiger charge is 2.46. The van der Waals surface area contributed by atoms with E-state index in [1.807, 2.05) is 20.8 Å². The third-order valence-corrected chi connectivity index (χ3v) is 4.49. The molecule has 0 radical (unpaired) electrons. The van der Waals surface area contributed by atoms with Crippen LogP contribution >= 0.6 is 0 Å². The molecule has 3 aliphatic rings. The van der Waals surface area contributed by atoms with E-state index >= 15 is 0 Å². The Hall–Kier alpha value is -1.30. The minimum Gasteiger partial charge on any atom is -0.460 e. The van der Waals surface area contributed by atoms with E-state index in [0.717, 1.165) is 19.3 Å². The molecule has 0 spiro atoms. The van der Waals surface area contributed by atoms with Gasteiger partial charge in [-0.15, -0.1) is 0 Å². The molecule has 4 atom stereocenters. The standard InChI is InChI=1S/C16H25NO5/c1-16(2,3)22-15(19)17-7-6-11(9-17)21-14(18)12-8-10-4-5-13(12)20-10/h10-13H,4-9H2,1-3H3/t10-,11+,12+,13-/m1/s1. The van der Waals surface area contributed by atoms with Crippen LogP contribution in [0.25, 0.3) is 0 Å². The van der Waals surface area contributed by atoms with Crippen molar-refractivity contribution >= 4 is 12.1 Å². The SMILES string of the molecule is CC(C)(C)OC(=O)N1CC[C@H](OC(=O)[C@H]2C[C@H]3CC[C@H]2O3)C1. The third-order valence-electron chi connectivity index (χ3n) is 4.49. The molecule has 0 aromatic rings. The maximum Gasteiger partial charge on any atom is 0.410 e. The number of hydrogen-bond acceptors (Lipinski definition) is 5. The highest BCUT2D eigenvalue weighted by atomic mass is 16.6. The first-order valence-corrected chi connectivity index (χ1v) is 8.16. The molecular weight excluding hydrogens is 286 g/mol. The first-order valence-electron chi connectivity index (χ1n) is 8.16. The summed E-state index contributed by atoms with van der Waals surface area (Å²) in [6.45, 7) is 6.51. The summed E-state index contributed by atoms with van der Waals surface area (Å²) in [5, 5.41) is 0. The Kier molecular flexibility index (Phi) is 4.05. The van der Waals surface area contributed by atoms with Gasteiger partial charge in [-0.25, -0.2) is 4.79 Å². The van der Waals surface area contributed by atoms with Gasteiger partial charge in [0.15, 0.2) is 0 Å². The van der Waals surface area contributed by atoms with Gasteiger partial charge in [0.2, 0.25) is 0 Å². The van der Waals surface area contributed by atoms with Crippen LogP contribution in [0.2, 0.25) is 0 Å². The fourth-order valence-corrected chi connectivity index (χ4v) is 3.45. The number of nitrogens with zero attached hydrogens (tertiary/aromatic N) is 1. The number of carbonyl (C=O) groups is 2. The van der Waals surface area contributed by atoms with E-state index in [-0.39, 0.29) is 36.3 Å². The Morgan fingerprint density at radius 3 is 2.55 bits per heavy atom. The Balaban J connectivity index is 1.47. The zero-order valence-corrected chi connectivity index (χ0v) is 13.5. The highest BCUT2D eigenvalue weighted by Crippen LogP contribution is 2.39. The predicted octanol–water partition coefficient (Wildman–Crippen LogP) is 2.11. The molecule has 3 fully saturated rings. The normalized spacial score (nSPS) is 34.0. The average molecular weight is 311 g/mol. The predicted molar refractivity (Wildman–Crippen MR) is 78.3 cm³/mol. The molecule has 3 aliphatic heterocycles. The lowest BCUT2D eigenvalue weighted by molar-refractivity contribution is -0.155. The molecule has 2 bridgehead atoms. The monoisotopic (exact) mass is 311 g/mol. The molecular formula is C16H25NO5. The molecule has 0 saturated carbocycles.